The first-order chi connectivity index (χ1) is 23.3. The molecule has 0 N–H and O–H groups in total. The van der Waals surface area contributed by atoms with Crippen molar-refractivity contribution in [2.75, 3.05) is 4.90 Å². The number of anilines is 3. The van der Waals surface area contributed by atoms with Crippen molar-refractivity contribution in [1.29, 1.82) is 0 Å². The molecule has 2 heterocycles. The highest BCUT2D eigenvalue weighted by molar-refractivity contribution is 6.19. The minimum absolute atomic E-state index is 0.623. The van der Waals surface area contributed by atoms with Gasteiger partial charge in [-0.3, -0.25) is 0 Å². The van der Waals surface area contributed by atoms with Crippen LogP contribution in [0.4, 0.5) is 17.1 Å². The predicted octanol–water partition coefficient (Wildman–Crippen LogP) is 12.3. The second-order valence-corrected chi connectivity index (χ2v) is 12.0. The maximum absolute atomic E-state index is 6.55. The number of aromatic nitrogens is 1. The van der Waals surface area contributed by atoms with Crippen LogP contribution in [0.15, 0.2) is 167 Å². The van der Waals surface area contributed by atoms with Crippen LogP contribution in [-0.4, -0.2) is 4.98 Å². The van der Waals surface area contributed by atoms with Crippen LogP contribution in [0.1, 0.15) is 0 Å². The van der Waals surface area contributed by atoms with E-state index in [9.17, 15) is 0 Å². The molecule has 0 aliphatic rings. The number of fused-ring (bicyclic) bond motifs is 9. The molecule has 2 aromatic heterocycles. The highest BCUT2D eigenvalue weighted by atomic mass is 16.3. The quantitative estimate of drug-likeness (QED) is 0.188. The topological polar surface area (TPSA) is 42.4 Å². The normalized spacial score (nSPS) is 11.8. The van der Waals surface area contributed by atoms with Crippen LogP contribution in [0.25, 0.3) is 76.8 Å². The van der Waals surface area contributed by atoms with E-state index in [0.29, 0.717) is 5.89 Å². The SMILES string of the molecule is c1ccc(-c2nc3ccc4ccc5ccc(N(c6ccc7ccccc7c6)c6cccc7oc8ccccc8c67)cc5c4c3o2)cc1. The van der Waals surface area contributed by atoms with E-state index < -0.39 is 0 Å². The van der Waals surface area contributed by atoms with Gasteiger partial charge in [-0.25, -0.2) is 4.98 Å². The van der Waals surface area contributed by atoms with E-state index in [2.05, 4.69) is 120 Å². The van der Waals surface area contributed by atoms with Gasteiger partial charge in [-0.05, 0) is 87.6 Å². The van der Waals surface area contributed by atoms with Crippen molar-refractivity contribution in [3.05, 3.63) is 158 Å². The van der Waals surface area contributed by atoms with Crippen molar-refractivity contribution < 1.29 is 8.83 Å². The smallest absolute Gasteiger partial charge is 0.227 e. The molecule has 47 heavy (non-hydrogen) atoms. The maximum atomic E-state index is 6.55. The van der Waals surface area contributed by atoms with Gasteiger partial charge in [-0.15, -0.1) is 0 Å². The number of benzene rings is 8. The molecule has 0 atom stereocenters. The Labute approximate surface area is 269 Å². The molecule has 0 fully saturated rings. The highest BCUT2D eigenvalue weighted by Gasteiger charge is 2.21. The van der Waals surface area contributed by atoms with Crippen molar-refractivity contribution in [2.45, 2.75) is 0 Å². The molecule has 4 heteroatoms. The summed E-state index contributed by atoms with van der Waals surface area (Å²) in [6.45, 7) is 0. The summed E-state index contributed by atoms with van der Waals surface area (Å²) in [6.07, 6.45) is 0. The van der Waals surface area contributed by atoms with Crippen molar-refractivity contribution in [3.8, 4) is 11.5 Å². The van der Waals surface area contributed by atoms with Crippen LogP contribution in [0.3, 0.4) is 0 Å². The van der Waals surface area contributed by atoms with Crippen molar-refractivity contribution in [3.63, 3.8) is 0 Å². The lowest BCUT2D eigenvalue weighted by Gasteiger charge is -2.27. The summed E-state index contributed by atoms with van der Waals surface area (Å²) < 4.78 is 12.9. The zero-order valence-electron chi connectivity index (χ0n) is 25.2. The molecule has 10 aromatic rings. The Balaban J connectivity index is 1.27. The van der Waals surface area contributed by atoms with Crippen molar-refractivity contribution in [1.82, 2.24) is 4.98 Å². The van der Waals surface area contributed by atoms with E-state index in [1.165, 1.54) is 10.8 Å². The third-order valence-corrected chi connectivity index (χ3v) is 9.23. The van der Waals surface area contributed by atoms with Crippen molar-refractivity contribution >= 4 is 82.4 Å². The van der Waals surface area contributed by atoms with Crippen LogP contribution >= 0.6 is 0 Å². The Morgan fingerprint density at radius 3 is 2.06 bits per heavy atom. The summed E-state index contributed by atoms with van der Waals surface area (Å²) in [7, 11) is 0. The Bertz CT molecular complexity index is 2810. The zero-order valence-corrected chi connectivity index (χ0v) is 25.2. The van der Waals surface area contributed by atoms with Gasteiger partial charge in [-0.2, -0.15) is 0 Å². The number of rotatable bonds is 4. The van der Waals surface area contributed by atoms with Crippen LogP contribution in [0.2, 0.25) is 0 Å². The first kappa shape index (κ1) is 25.9. The second-order valence-electron chi connectivity index (χ2n) is 12.0. The fraction of sp³-hybridized carbons (Fsp3) is 0. The van der Waals surface area contributed by atoms with E-state index in [1.807, 2.05) is 42.5 Å². The molecule has 0 radical (unpaired) electrons. The van der Waals surface area contributed by atoms with Gasteiger partial charge in [0.05, 0.1) is 11.1 Å². The lowest BCUT2D eigenvalue weighted by Crippen LogP contribution is -2.10. The third kappa shape index (κ3) is 4.05. The molecule has 0 unspecified atom stereocenters. The summed E-state index contributed by atoms with van der Waals surface area (Å²) in [5.41, 5.74) is 7.49. The molecule has 0 aliphatic carbocycles. The van der Waals surface area contributed by atoms with Gasteiger partial charge in [0, 0.05) is 27.7 Å². The van der Waals surface area contributed by atoms with Gasteiger partial charge in [-0.1, -0.05) is 97.1 Å². The number of hydrogen-bond acceptors (Lipinski definition) is 4. The number of oxazole rings is 1. The Hall–Kier alpha value is -6.39. The van der Waals surface area contributed by atoms with E-state index in [1.54, 1.807) is 0 Å². The largest absolute Gasteiger partial charge is 0.456 e. The molecular formula is C43H26N2O2. The molecule has 0 aliphatic heterocycles. The Morgan fingerprint density at radius 2 is 1.15 bits per heavy atom. The van der Waals surface area contributed by atoms with Crippen LogP contribution < -0.4 is 4.90 Å². The number of para-hydroxylation sites is 1. The summed E-state index contributed by atoms with van der Waals surface area (Å²) >= 11 is 0. The van der Waals surface area contributed by atoms with Crippen LogP contribution in [-0.2, 0) is 0 Å². The Kier molecular flexibility index (Phi) is 5.54. The average Bonchev–Trinajstić information content (AvgIpc) is 3.74. The number of hydrogen-bond donors (Lipinski definition) is 0. The van der Waals surface area contributed by atoms with E-state index in [0.717, 1.165) is 77.2 Å². The van der Waals surface area contributed by atoms with E-state index in [4.69, 9.17) is 13.8 Å². The van der Waals surface area contributed by atoms with Gasteiger partial charge in [0.15, 0.2) is 5.58 Å². The second kappa shape index (κ2) is 10.1. The molecule has 220 valence electrons. The fourth-order valence-electron chi connectivity index (χ4n) is 7.04. The summed E-state index contributed by atoms with van der Waals surface area (Å²) in [5.74, 6) is 0.623. The predicted molar refractivity (Wildman–Crippen MR) is 194 cm³/mol. The minimum atomic E-state index is 0.623. The zero-order chi connectivity index (χ0) is 30.9. The molecule has 0 saturated carbocycles. The fourth-order valence-corrected chi connectivity index (χ4v) is 7.04. The highest BCUT2D eigenvalue weighted by Crippen LogP contribution is 2.45. The molecule has 0 amide bonds. The standard InChI is InChI=1S/C43H26N2O2/c1-2-10-30(11-3-1)43-44-36-24-21-29-18-17-28-20-23-33(26-35(28)40(29)42(36)47-43)45(32-22-19-27-9-4-5-12-31(27)25-32)37-14-8-16-39-41(37)34-13-6-7-15-38(34)46-39/h1-26H. The van der Waals surface area contributed by atoms with Gasteiger partial charge in [0.25, 0.3) is 0 Å². The average molecular weight is 603 g/mol. The lowest BCUT2D eigenvalue weighted by molar-refractivity contribution is 0.623. The summed E-state index contributed by atoms with van der Waals surface area (Å²) in [5, 5.41) is 8.97. The first-order valence-corrected chi connectivity index (χ1v) is 15.8. The lowest BCUT2D eigenvalue weighted by atomic mass is 9.99. The van der Waals surface area contributed by atoms with Crippen LogP contribution in [0.5, 0.6) is 0 Å². The molecule has 10 rings (SSSR count). The third-order valence-electron chi connectivity index (χ3n) is 9.23. The molecular weight excluding hydrogens is 576 g/mol. The van der Waals surface area contributed by atoms with Gasteiger partial charge in [0.2, 0.25) is 5.89 Å². The van der Waals surface area contributed by atoms with Crippen LogP contribution in [0, 0.1) is 0 Å². The van der Waals surface area contributed by atoms with Gasteiger partial charge < -0.3 is 13.7 Å². The Morgan fingerprint density at radius 1 is 0.447 bits per heavy atom. The molecule has 0 saturated heterocycles. The summed E-state index contributed by atoms with van der Waals surface area (Å²) in [6, 6.07) is 55.1. The van der Waals surface area contributed by atoms with Crippen molar-refractivity contribution in [2.24, 2.45) is 0 Å². The minimum Gasteiger partial charge on any atom is -0.456 e. The monoisotopic (exact) mass is 602 g/mol. The number of nitrogens with zero attached hydrogens (tertiary/aromatic N) is 2. The molecule has 0 spiro atoms. The molecule has 0 bridgehead atoms. The maximum Gasteiger partial charge on any atom is 0.227 e. The summed E-state index contributed by atoms with van der Waals surface area (Å²) in [4.78, 5) is 7.24. The molecule has 4 nitrogen and oxygen atoms in total. The number of furan rings is 1. The first-order valence-electron chi connectivity index (χ1n) is 15.8. The van der Waals surface area contributed by atoms with E-state index >= 15 is 0 Å². The van der Waals surface area contributed by atoms with Gasteiger partial charge in [0.1, 0.15) is 16.7 Å². The molecule has 8 aromatic carbocycles. The van der Waals surface area contributed by atoms with E-state index in [-0.39, 0.29) is 0 Å². The van der Waals surface area contributed by atoms with Gasteiger partial charge >= 0.3 is 0 Å².